The fourth-order valence-corrected chi connectivity index (χ4v) is 0.609. The molecule has 0 spiro atoms. The van der Waals surface area contributed by atoms with Gasteiger partial charge in [-0.15, -0.1) is 0 Å². The fraction of sp³-hybridized carbons (Fsp3) is 0.833. The molecule has 0 rings (SSSR count). The average molecular weight is 137 g/mol. The Labute approximate surface area is 54.9 Å². The molecule has 9 heavy (non-hydrogen) atoms. The molecule has 54 valence electrons. The molecule has 3 N–H and O–H groups in total. The van der Waals surface area contributed by atoms with Gasteiger partial charge in [0.2, 0.25) is 0 Å². The van der Waals surface area contributed by atoms with Crippen LogP contribution in [0.5, 0.6) is 0 Å². The molecule has 1 unspecified atom stereocenters. The Morgan fingerprint density at radius 2 is 2.11 bits per heavy atom. The number of carbonyl (C=O) groups is 1. The maximum Gasteiger partial charge on any atom is 0.320 e. The van der Waals surface area contributed by atoms with E-state index in [-0.39, 0.29) is 0 Å². The van der Waals surface area contributed by atoms with E-state index in [0.717, 1.165) is 0 Å². The molecule has 0 saturated heterocycles. The lowest BCUT2D eigenvalue weighted by Crippen LogP contribution is -2.31. The number of rotatable bonds is 3. The van der Waals surface area contributed by atoms with Crippen molar-refractivity contribution < 1.29 is 9.90 Å². The van der Waals surface area contributed by atoms with Crippen molar-refractivity contribution in [3.05, 3.63) is 0 Å². The van der Waals surface area contributed by atoms with E-state index in [1.54, 1.807) is 0 Å². The number of carboxylic acids is 1. The Bertz CT molecular complexity index is 101. The third-order valence-corrected chi connectivity index (χ3v) is 1.04. The van der Waals surface area contributed by atoms with Gasteiger partial charge >= 0.3 is 5.97 Å². The van der Waals surface area contributed by atoms with Gasteiger partial charge in [0, 0.05) is 0 Å². The summed E-state index contributed by atoms with van der Waals surface area (Å²) in [4.78, 5) is 10.1. The van der Waals surface area contributed by atoms with Gasteiger partial charge in [0.05, 0.1) is 0 Å². The van der Waals surface area contributed by atoms with Crippen molar-refractivity contribution in [3.63, 3.8) is 0 Å². The highest BCUT2D eigenvalue weighted by atomic mass is 16.5. The largest absolute Gasteiger partial charge is 0.480 e. The molecule has 0 aliphatic rings. The summed E-state index contributed by atoms with van der Waals surface area (Å²) in [6, 6.07) is -0.690. The average Bonchev–Trinajstić information content (AvgIpc) is 1.63. The number of aliphatic carboxylic acids is 1. The maximum absolute atomic E-state index is 10.1. The Kier molecular flexibility index (Phi) is 3.24. The van der Waals surface area contributed by atoms with Crippen LogP contribution < -0.4 is 5.73 Å². The van der Waals surface area contributed by atoms with Crippen LogP contribution in [-0.4, -0.2) is 17.1 Å². The van der Waals surface area contributed by atoms with E-state index in [9.17, 15) is 4.79 Å². The van der Waals surface area contributed by atoms with Crippen LogP contribution in [0.4, 0.5) is 0 Å². The van der Waals surface area contributed by atoms with Crippen LogP contribution in [0.25, 0.3) is 0 Å². The second-order valence-corrected chi connectivity index (χ2v) is 2.57. The highest BCUT2D eigenvalue weighted by Gasteiger charge is 2.11. The molecule has 0 radical (unpaired) electrons. The standard InChI is InChI=1S/C6H13NO2/c1-4(2)3-5(7)6(8)9/h4-5H,3,7H2,1-2H3,(H,8,9)/i1+1,2+1,3+1,4+1,5+1,6+1. The summed E-state index contributed by atoms with van der Waals surface area (Å²) in [6.07, 6.45) is 0.551. The van der Waals surface area contributed by atoms with Crippen molar-refractivity contribution in [2.24, 2.45) is 11.7 Å². The van der Waals surface area contributed by atoms with Crippen molar-refractivity contribution >= 4 is 5.97 Å². The minimum absolute atomic E-state index is 0.357. The predicted octanol–water partition coefficient (Wildman–Crippen LogP) is 0.444. The van der Waals surface area contributed by atoms with Gasteiger partial charge in [-0.1, -0.05) is 13.8 Å². The zero-order chi connectivity index (χ0) is 7.44. The molecule has 0 aliphatic heterocycles. The molecule has 0 aromatic carbocycles. The van der Waals surface area contributed by atoms with E-state index in [1.807, 2.05) is 13.8 Å². The first-order chi connectivity index (χ1) is 4.04. The van der Waals surface area contributed by atoms with Crippen LogP contribution in [-0.2, 0) is 4.79 Å². The molecule has 0 amide bonds. The fourth-order valence-electron chi connectivity index (χ4n) is 0.609. The van der Waals surface area contributed by atoms with E-state index in [1.165, 1.54) is 0 Å². The van der Waals surface area contributed by atoms with Crippen LogP contribution >= 0.6 is 0 Å². The van der Waals surface area contributed by atoms with Gasteiger partial charge < -0.3 is 10.8 Å². The van der Waals surface area contributed by atoms with Crippen LogP contribution in [0, 0.1) is 5.92 Å². The summed E-state index contributed by atoms with van der Waals surface area (Å²) in [6.45, 7) is 3.89. The summed E-state index contributed by atoms with van der Waals surface area (Å²) >= 11 is 0. The Morgan fingerprint density at radius 3 is 2.22 bits per heavy atom. The molecular weight excluding hydrogens is 124 g/mol. The highest BCUT2D eigenvalue weighted by molar-refractivity contribution is 5.72. The van der Waals surface area contributed by atoms with Crippen molar-refractivity contribution in [2.45, 2.75) is 26.3 Å². The van der Waals surface area contributed by atoms with E-state index >= 15 is 0 Å². The molecule has 0 aromatic rings. The zero-order valence-electron chi connectivity index (χ0n) is 5.79. The summed E-state index contributed by atoms with van der Waals surface area (Å²) < 4.78 is 0. The van der Waals surface area contributed by atoms with Gasteiger partial charge in [-0.3, -0.25) is 4.79 Å². The second kappa shape index (κ2) is 3.45. The lowest BCUT2D eigenvalue weighted by Gasteiger charge is -2.07. The van der Waals surface area contributed by atoms with E-state index < -0.39 is 12.0 Å². The summed E-state index contributed by atoms with van der Waals surface area (Å²) in [5, 5.41) is 8.31. The number of carboxylic acid groups (broad SMARTS) is 1. The highest BCUT2D eigenvalue weighted by Crippen LogP contribution is 2.01. The summed E-state index contributed by atoms with van der Waals surface area (Å²) in [5.74, 6) is -0.556. The van der Waals surface area contributed by atoms with Crippen molar-refractivity contribution in [2.75, 3.05) is 0 Å². The second-order valence-electron chi connectivity index (χ2n) is 2.57. The van der Waals surface area contributed by atoms with Gasteiger partial charge in [-0.25, -0.2) is 0 Å². The minimum atomic E-state index is -0.913. The molecule has 0 heterocycles. The molecular formula is C6H13NO2. The van der Waals surface area contributed by atoms with Gasteiger partial charge in [0.25, 0.3) is 0 Å². The number of hydrogen-bond acceptors (Lipinski definition) is 2. The Hall–Kier alpha value is -0.570. The normalized spacial score (nSPS) is 13.8. The molecule has 0 aliphatic carbocycles. The first-order valence-corrected chi connectivity index (χ1v) is 3.02. The lowest BCUT2D eigenvalue weighted by atomic mass is 11.0. The Morgan fingerprint density at radius 1 is 1.67 bits per heavy atom. The van der Waals surface area contributed by atoms with Gasteiger partial charge in [0.15, 0.2) is 0 Å². The predicted molar refractivity (Wildman–Crippen MR) is 35.1 cm³/mol. The molecule has 0 aromatic heterocycles. The van der Waals surface area contributed by atoms with E-state index in [0.29, 0.717) is 12.3 Å². The van der Waals surface area contributed by atoms with E-state index in [4.69, 9.17) is 10.8 Å². The van der Waals surface area contributed by atoms with Crippen LogP contribution in [0.15, 0.2) is 0 Å². The summed E-state index contributed by atoms with van der Waals surface area (Å²) in [7, 11) is 0. The van der Waals surface area contributed by atoms with Crippen LogP contribution in [0.2, 0.25) is 0 Å². The first kappa shape index (κ1) is 8.43. The molecule has 0 saturated carbocycles. The minimum Gasteiger partial charge on any atom is -0.480 e. The van der Waals surface area contributed by atoms with Crippen molar-refractivity contribution in [1.29, 1.82) is 0 Å². The monoisotopic (exact) mass is 137 g/mol. The van der Waals surface area contributed by atoms with Gasteiger partial charge in [0.1, 0.15) is 6.04 Å². The smallest absolute Gasteiger partial charge is 0.320 e. The molecule has 0 bridgehead atoms. The topological polar surface area (TPSA) is 63.3 Å². The maximum atomic E-state index is 10.1. The number of nitrogens with two attached hydrogens (primary N) is 1. The van der Waals surface area contributed by atoms with Crippen molar-refractivity contribution in [1.82, 2.24) is 0 Å². The zero-order valence-corrected chi connectivity index (χ0v) is 5.79. The molecule has 3 heteroatoms. The molecule has 3 nitrogen and oxygen atoms in total. The van der Waals surface area contributed by atoms with Crippen LogP contribution in [0.3, 0.4) is 0 Å². The van der Waals surface area contributed by atoms with Gasteiger partial charge in [-0.2, -0.15) is 0 Å². The molecule has 0 fully saturated rings. The van der Waals surface area contributed by atoms with Crippen molar-refractivity contribution in [3.8, 4) is 0 Å². The summed E-state index contributed by atoms with van der Waals surface area (Å²) in [5.41, 5.74) is 5.22. The van der Waals surface area contributed by atoms with E-state index in [2.05, 4.69) is 0 Å². The third kappa shape index (κ3) is 3.97. The quantitative estimate of drug-likeness (QED) is 0.555. The molecule has 1 atom stereocenters. The lowest BCUT2D eigenvalue weighted by molar-refractivity contribution is -0.138. The van der Waals surface area contributed by atoms with Gasteiger partial charge in [-0.05, 0) is 12.3 Å². The number of hydrogen-bond donors (Lipinski definition) is 2. The van der Waals surface area contributed by atoms with Crippen LogP contribution in [0.1, 0.15) is 20.3 Å². The SMILES string of the molecule is [13CH3][13CH]([13CH3])[13CH2][13CH](N)[13C](=O)O. The first-order valence-electron chi connectivity index (χ1n) is 3.02. The third-order valence-electron chi connectivity index (χ3n) is 1.04. The Balaban J connectivity index is 3.50.